The van der Waals surface area contributed by atoms with E-state index in [4.69, 9.17) is 0 Å². The molecule has 134 valence electrons. The molecule has 2 heterocycles. The van der Waals surface area contributed by atoms with Crippen molar-refractivity contribution >= 4 is 17.8 Å². The first-order valence-corrected chi connectivity index (χ1v) is 7.79. The fraction of sp³-hybridized carbons (Fsp3) is 0.438. The summed E-state index contributed by atoms with van der Waals surface area (Å²) in [6, 6.07) is 3.98. The predicted octanol–water partition coefficient (Wildman–Crippen LogP) is 1.40. The van der Waals surface area contributed by atoms with Gasteiger partial charge < -0.3 is 10.2 Å². The zero-order valence-corrected chi connectivity index (χ0v) is 13.2. The van der Waals surface area contributed by atoms with E-state index in [1.165, 1.54) is 17.0 Å². The second kappa shape index (κ2) is 6.38. The van der Waals surface area contributed by atoms with Crippen molar-refractivity contribution in [1.82, 2.24) is 15.1 Å². The van der Waals surface area contributed by atoms with E-state index in [0.717, 1.165) is 17.0 Å². The van der Waals surface area contributed by atoms with E-state index in [1.54, 1.807) is 0 Å². The number of carbonyl (C=O) groups is 3. The fourth-order valence-electron chi connectivity index (χ4n) is 2.90. The molecule has 1 aromatic carbocycles. The van der Waals surface area contributed by atoms with E-state index < -0.39 is 17.8 Å². The molecule has 0 aromatic heterocycles. The second-order valence-electron chi connectivity index (χ2n) is 6.07. The van der Waals surface area contributed by atoms with Gasteiger partial charge in [-0.3, -0.25) is 14.5 Å². The highest BCUT2D eigenvalue weighted by Crippen LogP contribution is 2.29. The highest BCUT2D eigenvalue weighted by Gasteiger charge is 2.42. The lowest BCUT2D eigenvalue weighted by Crippen LogP contribution is -2.62. The third kappa shape index (κ3) is 3.59. The molecule has 1 N–H and O–H groups in total. The number of imide groups is 1. The van der Waals surface area contributed by atoms with E-state index >= 15 is 0 Å². The largest absolute Gasteiger partial charge is 0.416 e. The van der Waals surface area contributed by atoms with Crippen molar-refractivity contribution in [3.05, 3.63) is 35.4 Å². The van der Waals surface area contributed by atoms with Crippen molar-refractivity contribution in [2.75, 3.05) is 19.6 Å². The summed E-state index contributed by atoms with van der Waals surface area (Å²) in [4.78, 5) is 37.8. The van der Waals surface area contributed by atoms with Crippen molar-refractivity contribution in [1.29, 1.82) is 0 Å². The molecule has 4 amide bonds. The number of likely N-dealkylation sites (tertiary alicyclic amines) is 1. The third-order valence-corrected chi connectivity index (χ3v) is 4.37. The maximum Gasteiger partial charge on any atom is 0.416 e. The Labute approximate surface area is 141 Å². The molecule has 3 rings (SSSR count). The summed E-state index contributed by atoms with van der Waals surface area (Å²) in [5.74, 6) is -0.449. The molecule has 0 saturated carbocycles. The summed E-state index contributed by atoms with van der Waals surface area (Å²) in [6.45, 7) is 0.577. The molecule has 0 unspecified atom stereocenters. The van der Waals surface area contributed by atoms with Crippen molar-refractivity contribution in [2.24, 2.45) is 0 Å². The Kier molecular flexibility index (Phi) is 4.40. The number of carbonyl (C=O) groups excluding carboxylic acids is 3. The van der Waals surface area contributed by atoms with Crippen molar-refractivity contribution < 1.29 is 27.6 Å². The van der Waals surface area contributed by atoms with Gasteiger partial charge in [-0.2, -0.15) is 13.2 Å². The lowest BCUT2D eigenvalue weighted by molar-refractivity contribution is -0.142. The minimum atomic E-state index is -4.37. The van der Waals surface area contributed by atoms with Gasteiger partial charge in [0.15, 0.2) is 0 Å². The molecule has 0 spiro atoms. The summed E-state index contributed by atoms with van der Waals surface area (Å²) >= 11 is 0. The molecule has 0 aliphatic carbocycles. The Morgan fingerprint density at radius 1 is 1.16 bits per heavy atom. The lowest BCUT2D eigenvalue weighted by Gasteiger charge is -2.42. The minimum Gasteiger partial charge on any atom is -0.338 e. The van der Waals surface area contributed by atoms with Gasteiger partial charge in [0.1, 0.15) is 0 Å². The first-order valence-electron chi connectivity index (χ1n) is 7.79. The SMILES string of the molecule is O=C(CCc1ccc(C(F)(F)F)cc1)N1CC(N2C(=O)CNC2=O)C1. The highest BCUT2D eigenvalue weighted by atomic mass is 19.4. The number of amides is 4. The van der Waals surface area contributed by atoms with E-state index in [2.05, 4.69) is 5.32 Å². The van der Waals surface area contributed by atoms with Crippen molar-refractivity contribution in [3.8, 4) is 0 Å². The van der Waals surface area contributed by atoms with Gasteiger partial charge in [-0.05, 0) is 24.1 Å². The van der Waals surface area contributed by atoms with Gasteiger partial charge in [0.05, 0.1) is 18.2 Å². The predicted molar refractivity (Wildman–Crippen MR) is 80.4 cm³/mol. The van der Waals surface area contributed by atoms with E-state index in [0.29, 0.717) is 25.1 Å². The third-order valence-electron chi connectivity index (χ3n) is 4.37. The Morgan fingerprint density at radius 2 is 1.80 bits per heavy atom. The number of rotatable bonds is 4. The number of nitrogens with zero attached hydrogens (tertiary/aromatic N) is 2. The maximum absolute atomic E-state index is 12.5. The first kappa shape index (κ1) is 17.2. The van der Waals surface area contributed by atoms with Crippen molar-refractivity contribution in [3.63, 3.8) is 0 Å². The minimum absolute atomic E-state index is 0.0167. The topological polar surface area (TPSA) is 69.7 Å². The molecule has 2 aliphatic heterocycles. The van der Waals surface area contributed by atoms with Crippen LogP contribution in [0, 0.1) is 0 Å². The molecular formula is C16H16F3N3O3. The molecule has 0 atom stereocenters. The van der Waals surface area contributed by atoms with Gasteiger partial charge in [0, 0.05) is 19.5 Å². The summed E-state index contributed by atoms with van der Waals surface area (Å²) in [5.41, 5.74) is -0.0748. The molecular weight excluding hydrogens is 339 g/mol. The number of urea groups is 1. The molecule has 2 saturated heterocycles. The summed E-state index contributed by atoms with van der Waals surface area (Å²) < 4.78 is 37.5. The quantitative estimate of drug-likeness (QED) is 0.830. The Bertz CT molecular complexity index is 681. The summed E-state index contributed by atoms with van der Waals surface area (Å²) in [7, 11) is 0. The molecule has 0 bridgehead atoms. The second-order valence-corrected chi connectivity index (χ2v) is 6.07. The Morgan fingerprint density at radius 3 is 2.32 bits per heavy atom. The van der Waals surface area contributed by atoms with Crippen LogP contribution in [0.4, 0.5) is 18.0 Å². The average Bonchev–Trinajstić information content (AvgIpc) is 2.83. The van der Waals surface area contributed by atoms with Crippen LogP contribution in [0.2, 0.25) is 0 Å². The van der Waals surface area contributed by atoms with Gasteiger partial charge in [-0.1, -0.05) is 12.1 Å². The van der Waals surface area contributed by atoms with Gasteiger partial charge in [0.25, 0.3) is 0 Å². The number of halogens is 3. The zero-order valence-electron chi connectivity index (χ0n) is 13.2. The van der Waals surface area contributed by atoms with Gasteiger partial charge in [-0.25, -0.2) is 4.79 Å². The first-order chi connectivity index (χ1) is 11.8. The van der Waals surface area contributed by atoms with Crippen LogP contribution in [-0.4, -0.2) is 53.3 Å². The van der Waals surface area contributed by atoms with Gasteiger partial charge in [0.2, 0.25) is 11.8 Å². The van der Waals surface area contributed by atoms with Crippen LogP contribution in [0.3, 0.4) is 0 Å². The van der Waals surface area contributed by atoms with E-state index in [9.17, 15) is 27.6 Å². The van der Waals surface area contributed by atoms with E-state index in [-0.39, 0.29) is 30.8 Å². The number of hydrogen-bond acceptors (Lipinski definition) is 3. The van der Waals surface area contributed by atoms with E-state index in [1.807, 2.05) is 0 Å². The van der Waals surface area contributed by atoms with Crippen LogP contribution < -0.4 is 5.32 Å². The molecule has 6 nitrogen and oxygen atoms in total. The van der Waals surface area contributed by atoms with Crippen LogP contribution in [0.5, 0.6) is 0 Å². The van der Waals surface area contributed by atoms with Crippen LogP contribution in [0.1, 0.15) is 17.5 Å². The van der Waals surface area contributed by atoms with Gasteiger partial charge >= 0.3 is 12.2 Å². The number of hydrogen-bond donors (Lipinski definition) is 1. The molecule has 2 fully saturated rings. The number of aryl methyl sites for hydroxylation is 1. The number of nitrogens with one attached hydrogen (secondary N) is 1. The zero-order chi connectivity index (χ0) is 18.2. The number of benzene rings is 1. The molecule has 9 heteroatoms. The summed E-state index contributed by atoms with van der Waals surface area (Å²) in [5, 5.41) is 2.43. The lowest BCUT2D eigenvalue weighted by atomic mass is 10.0. The highest BCUT2D eigenvalue weighted by molar-refractivity contribution is 6.02. The Balaban J connectivity index is 1.46. The van der Waals surface area contributed by atoms with Crippen LogP contribution in [0.15, 0.2) is 24.3 Å². The van der Waals surface area contributed by atoms with Crippen LogP contribution in [0.25, 0.3) is 0 Å². The smallest absolute Gasteiger partial charge is 0.338 e. The number of alkyl halides is 3. The van der Waals surface area contributed by atoms with Crippen LogP contribution in [-0.2, 0) is 22.2 Å². The molecule has 25 heavy (non-hydrogen) atoms. The molecule has 1 aromatic rings. The van der Waals surface area contributed by atoms with Gasteiger partial charge in [-0.15, -0.1) is 0 Å². The fourth-order valence-corrected chi connectivity index (χ4v) is 2.90. The van der Waals surface area contributed by atoms with Crippen molar-refractivity contribution in [2.45, 2.75) is 25.1 Å². The molecule has 0 radical (unpaired) electrons. The normalized spacial score (nSPS) is 18.4. The Hall–Kier alpha value is -2.58. The van der Waals surface area contributed by atoms with Crippen LogP contribution >= 0.6 is 0 Å². The summed E-state index contributed by atoms with van der Waals surface area (Å²) in [6.07, 6.45) is -3.88. The monoisotopic (exact) mass is 355 g/mol. The molecule has 2 aliphatic rings. The maximum atomic E-state index is 12.5. The standard InChI is InChI=1S/C16H16F3N3O3/c17-16(18,19)11-4-1-10(2-5-11)3-6-13(23)21-8-12(9-21)22-14(24)7-20-15(22)25/h1-2,4-5,12H,3,6-9H2,(H,20,25). The average molecular weight is 355 g/mol.